The zero-order valence-electron chi connectivity index (χ0n) is 18.3. The summed E-state index contributed by atoms with van der Waals surface area (Å²) in [6.07, 6.45) is 0.521. The number of carboxylic acids is 1. The fraction of sp³-hybridized carbons (Fsp3) is 0.400. The second kappa shape index (κ2) is 8.65. The Morgan fingerprint density at radius 3 is 2.31 bits per heavy atom. The second-order valence-corrected chi connectivity index (χ2v) is 8.80. The molecule has 2 atom stereocenters. The molecule has 1 heterocycles. The predicted octanol–water partition coefficient (Wildman–Crippen LogP) is 3.77. The number of nitrogens with one attached hydrogen (secondary N) is 1. The minimum Gasteiger partial charge on any atom is -0.480 e. The molecule has 7 heteroatoms. The highest BCUT2D eigenvalue weighted by Gasteiger charge is 2.45. The number of carbonyl (C=O) groups excluding carboxylic acids is 2. The van der Waals surface area contributed by atoms with E-state index in [4.69, 9.17) is 4.74 Å². The van der Waals surface area contributed by atoms with Crippen LogP contribution in [0, 0.1) is 0 Å². The van der Waals surface area contributed by atoms with Gasteiger partial charge in [0.25, 0.3) is 0 Å². The standard InChI is InChI=1S/C25H28N2O5/c1-16(14-22(28)27-13-7-12-25(27,2)23(29)30)26-24(31)32-15-21-19-10-5-3-8-17(19)18-9-4-6-11-20(18)21/h3-6,8-11,16,21H,7,12-15H2,1-2H3,(H,26,31)(H,29,30). The number of benzene rings is 2. The summed E-state index contributed by atoms with van der Waals surface area (Å²) in [5.74, 6) is -1.31. The molecule has 4 rings (SSSR count). The van der Waals surface area contributed by atoms with Crippen molar-refractivity contribution in [2.75, 3.05) is 13.2 Å². The Kier molecular flexibility index (Phi) is 5.91. The third kappa shape index (κ3) is 3.95. The highest BCUT2D eigenvalue weighted by molar-refractivity contribution is 5.88. The van der Waals surface area contributed by atoms with E-state index in [1.54, 1.807) is 13.8 Å². The molecular weight excluding hydrogens is 408 g/mol. The summed E-state index contributed by atoms with van der Waals surface area (Å²) in [6, 6.07) is 15.7. The van der Waals surface area contributed by atoms with Gasteiger partial charge in [0.1, 0.15) is 12.1 Å². The van der Waals surface area contributed by atoms with Crippen molar-refractivity contribution < 1.29 is 24.2 Å². The van der Waals surface area contributed by atoms with E-state index < -0.39 is 23.6 Å². The maximum Gasteiger partial charge on any atom is 0.407 e. The first-order chi connectivity index (χ1) is 15.3. The van der Waals surface area contributed by atoms with Crippen LogP contribution in [0.2, 0.25) is 0 Å². The topological polar surface area (TPSA) is 95.9 Å². The molecule has 7 nitrogen and oxygen atoms in total. The van der Waals surface area contributed by atoms with Gasteiger partial charge in [-0.2, -0.15) is 0 Å². The van der Waals surface area contributed by atoms with Crippen molar-refractivity contribution in [2.45, 2.75) is 50.6 Å². The van der Waals surface area contributed by atoms with E-state index in [0.717, 1.165) is 22.3 Å². The molecule has 1 fully saturated rings. The number of nitrogens with zero attached hydrogens (tertiary/aromatic N) is 1. The number of carboxylic acid groups (broad SMARTS) is 1. The predicted molar refractivity (Wildman–Crippen MR) is 119 cm³/mol. The molecule has 2 amide bonds. The van der Waals surface area contributed by atoms with Crippen LogP contribution < -0.4 is 5.32 Å². The second-order valence-electron chi connectivity index (χ2n) is 8.80. The SMILES string of the molecule is CC(CC(=O)N1CCCC1(C)C(=O)O)NC(=O)OCC1c2ccccc2-c2ccccc21. The number of hydrogen-bond acceptors (Lipinski definition) is 4. The smallest absolute Gasteiger partial charge is 0.407 e. The zero-order valence-corrected chi connectivity index (χ0v) is 18.3. The quantitative estimate of drug-likeness (QED) is 0.719. The average molecular weight is 437 g/mol. The highest BCUT2D eigenvalue weighted by atomic mass is 16.5. The van der Waals surface area contributed by atoms with Gasteiger partial charge in [-0.3, -0.25) is 4.79 Å². The van der Waals surface area contributed by atoms with E-state index in [9.17, 15) is 19.5 Å². The Morgan fingerprint density at radius 2 is 1.72 bits per heavy atom. The molecule has 2 aromatic carbocycles. The van der Waals surface area contributed by atoms with E-state index >= 15 is 0 Å². The fourth-order valence-corrected chi connectivity index (χ4v) is 4.85. The van der Waals surface area contributed by atoms with E-state index in [0.29, 0.717) is 19.4 Å². The highest BCUT2D eigenvalue weighted by Crippen LogP contribution is 2.44. The molecule has 0 radical (unpaired) electrons. The lowest BCUT2D eigenvalue weighted by Gasteiger charge is -2.32. The van der Waals surface area contributed by atoms with Gasteiger partial charge in [-0.15, -0.1) is 0 Å². The maximum atomic E-state index is 12.7. The molecule has 2 aromatic rings. The molecule has 32 heavy (non-hydrogen) atoms. The van der Waals surface area contributed by atoms with Gasteiger partial charge >= 0.3 is 12.1 Å². The molecule has 0 aromatic heterocycles. The van der Waals surface area contributed by atoms with E-state index in [1.807, 2.05) is 24.3 Å². The number of carbonyl (C=O) groups is 3. The molecule has 1 aliphatic heterocycles. The molecule has 0 spiro atoms. The van der Waals surface area contributed by atoms with Gasteiger partial charge in [-0.05, 0) is 48.9 Å². The lowest BCUT2D eigenvalue weighted by Crippen LogP contribution is -2.52. The van der Waals surface area contributed by atoms with E-state index in [-0.39, 0.29) is 24.9 Å². The first-order valence-corrected chi connectivity index (χ1v) is 11.0. The van der Waals surface area contributed by atoms with Crippen LogP contribution in [-0.2, 0) is 14.3 Å². The maximum absolute atomic E-state index is 12.7. The van der Waals surface area contributed by atoms with Crippen LogP contribution in [0.4, 0.5) is 4.79 Å². The third-order valence-electron chi connectivity index (χ3n) is 6.59. The number of likely N-dealkylation sites (tertiary alicyclic amines) is 1. The summed E-state index contributed by atoms with van der Waals surface area (Å²) in [5, 5.41) is 12.2. The Labute approximate surface area is 187 Å². The van der Waals surface area contributed by atoms with Crippen molar-refractivity contribution >= 4 is 18.0 Å². The largest absolute Gasteiger partial charge is 0.480 e. The van der Waals surface area contributed by atoms with Crippen LogP contribution in [0.25, 0.3) is 11.1 Å². The van der Waals surface area contributed by atoms with Crippen molar-refractivity contribution in [3.63, 3.8) is 0 Å². The molecule has 2 aliphatic rings. The first kappa shape index (κ1) is 21.9. The third-order valence-corrected chi connectivity index (χ3v) is 6.59. The molecular formula is C25H28N2O5. The molecule has 0 bridgehead atoms. The molecule has 168 valence electrons. The molecule has 0 saturated carbocycles. The van der Waals surface area contributed by atoms with Crippen LogP contribution in [0.5, 0.6) is 0 Å². The van der Waals surface area contributed by atoms with Crippen LogP contribution >= 0.6 is 0 Å². The van der Waals surface area contributed by atoms with Crippen molar-refractivity contribution in [1.29, 1.82) is 0 Å². The minimum absolute atomic E-state index is 0.0209. The Morgan fingerprint density at radius 1 is 1.12 bits per heavy atom. The normalized spacial score (nSPS) is 20.4. The summed E-state index contributed by atoms with van der Waals surface area (Å²) in [7, 11) is 0. The Hall–Kier alpha value is -3.35. The summed E-state index contributed by atoms with van der Waals surface area (Å²) in [5.41, 5.74) is 3.39. The van der Waals surface area contributed by atoms with Crippen molar-refractivity contribution in [1.82, 2.24) is 10.2 Å². The number of fused-ring (bicyclic) bond motifs is 3. The van der Waals surface area contributed by atoms with Gasteiger partial charge in [0.15, 0.2) is 0 Å². The van der Waals surface area contributed by atoms with Gasteiger partial charge < -0.3 is 20.1 Å². The molecule has 1 aliphatic carbocycles. The molecule has 1 saturated heterocycles. The summed E-state index contributed by atoms with van der Waals surface area (Å²) in [6.45, 7) is 3.90. The molecule has 2 N–H and O–H groups in total. The average Bonchev–Trinajstić information content (AvgIpc) is 3.31. The van der Waals surface area contributed by atoms with E-state index in [1.165, 1.54) is 4.90 Å². The van der Waals surface area contributed by atoms with Crippen molar-refractivity contribution in [2.24, 2.45) is 0 Å². The zero-order chi connectivity index (χ0) is 22.9. The minimum atomic E-state index is -1.18. The number of hydrogen-bond donors (Lipinski definition) is 2. The lowest BCUT2D eigenvalue weighted by molar-refractivity contribution is -0.155. The number of aliphatic carboxylic acids is 1. The van der Waals surface area contributed by atoms with Crippen molar-refractivity contribution in [3.05, 3.63) is 59.7 Å². The van der Waals surface area contributed by atoms with Gasteiger partial charge in [0.2, 0.25) is 5.91 Å². The molecule has 2 unspecified atom stereocenters. The van der Waals surface area contributed by atoms with Gasteiger partial charge in [0.05, 0.1) is 0 Å². The van der Waals surface area contributed by atoms with Crippen LogP contribution in [0.15, 0.2) is 48.5 Å². The number of alkyl carbamates (subject to hydrolysis) is 1. The van der Waals surface area contributed by atoms with Crippen molar-refractivity contribution in [3.8, 4) is 11.1 Å². The monoisotopic (exact) mass is 436 g/mol. The van der Waals surface area contributed by atoms with Gasteiger partial charge in [-0.25, -0.2) is 9.59 Å². The van der Waals surface area contributed by atoms with Crippen LogP contribution in [0.1, 0.15) is 50.2 Å². The first-order valence-electron chi connectivity index (χ1n) is 11.0. The van der Waals surface area contributed by atoms with Crippen LogP contribution in [0.3, 0.4) is 0 Å². The fourth-order valence-electron chi connectivity index (χ4n) is 4.85. The Balaban J connectivity index is 1.34. The lowest BCUT2D eigenvalue weighted by atomic mass is 9.98. The van der Waals surface area contributed by atoms with E-state index in [2.05, 4.69) is 29.6 Å². The summed E-state index contributed by atoms with van der Waals surface area (Å²) < 4.78 is 5.53. The summed E-state index contributed by atoms with van der Waals surface area (Å²) >= 11 is 0. The van der Waals surface area contributed by atoms with Gasteiger partial charge in [-0.1, -0.05) is 48.5 Å². The summed E-state index contributed by atoms with van der Waals surface area (Å²) in [4.78, 5) is 38.1. The number of amides is 2. The number of ether oxygens (including phenoxy) is 1. The van der Waals surface area contributed by atoms with Crippen LogP contribution in [-0.4, -0.2) is 52.7 Å². The van der Waals surface area contributed by atoms with Gasteiger partial charge in [0, 0.05) is 24.9 Å². The Bertz CT molecular complexity index is 1010. The number of rotatable bonds is 6.